The third kappa shape index (κ3) is 1.42. The summed E-state index contributed by atoms with van der Waals surface area (Å²) < 4.78 is 5.69. The minimum atomic E-state index is -0.0752. The van der Waals surface area contributed by atoms with Crippen molar-refractivity contribution in [3.05, 3.63) is 0 Å². The summed E-state index contributed by atoms with van der Waals surface area (Å²) in [5.41, 5.74) is 0.278. The van der Waals surface area contributed by atoms with Gasteiger partial charge in [-0.1, -0.05) is 20.3 Å². The molecular formula is C14H22O2. The molecule has 2 heterocycles. The van der Waals surface area contributed by atoms with E-state index in [-0.39, 0.29) is 17.5 Å². The first-order chi connectivity index (χ1) is 7.52. The highest BCUT2D eigenvalue weighted by Crippen LogP contribution is 2.57. The Hall–Kier alpha value is -0.530. The summed E-state index contributed by atoms with van der Waals surface area (Å²) in [5.74, 6) is 0.734. The molecule has 0 unspecified atom stereocenters. The van der Waals surface area contributed by atoms with E-state index in [0.29, 0.717) is 11.3 Å². The highest BCUT2D eigenvalue weighted by molar-refractivity contribution is 5.78. The molecule has 2 saturated carbocycles. The highest BCUT2D eigenvalue weighted by atomic mass is 16.5. The van der Waals surface area contributed by atoms with E-state index in [1.165, 1.54) is 19.3 Å². The third-order valence-electron chi connectivity index (χ3n) is 5.13. The largest absolute Gasteiger partial charge is 0.462 e. The highest BCUT2D eigenvalue weighted by Gasteiger charge is 2.55. The Labute approximate surface area is 97.7 Å². The van der Waals surface area contributed by atoms with Crippen LogP contribution in [0.3, 0.4) is 0 Å². The molecule has 2 aliphatic heterocycles. The van der Waals surface area contributed by atoms with Gasteiger partial charge < -0.3 is 4.74 Å². The number of hydrogen-bond donors (Lipinski definition) is 0. The number of fused-ring (bicyclic) bond motifs is 4. The van der Waals surface area contributed by atoms with Crippen molar-refractivity contribution in [2.24, 2.45) is 16.7 Å². The van der Waals surface area contributed by atoms with Gasteiger partial charge >= 0.3 is 5.97 Å². The van der Waals surface area contributed by atoms with Crippen molar-refractivity contribution in [1.82, 2.24) is 0 Å². The van der Waals surface area contributed by atoms with Crippen LogP contribution in [0.1, 0.15) is 58.8 Å². The lowest BCUT2D eigenvalue weighted by Gasteiger charge is -2.47. The number of ether oxygens (including phenoxy) is 1. The Morgan fingerprint density at radius 3 is 2.75 bits per heavy atom. The van der Waals surface area contributed by atoms with Crippen molar-refractivity contribution in [3.8, 4) is 0 Å². The zero-order valence-corrected chi connectivity index (χ0v) is 10.4. The van der Waals surface area contributed by atoms with E-state index in [0.717, 1.165) is 25.7 Å². The predicted octanol–water partition coefficient (Wildman–Crippen LogP) is 3.30. The second-order valence-corrected chi connectivity index (χ2v) is 6.88. The third-order valence-corrected chi connectivity index (χ3v) is 5.13. The van der Waals surface area contributed by atoms with Crippen LogP contribution in [0.4, 0.5) is 0 Å². The summed E-state index contributed by atoms with van der Waals surface area (Å²) >= 11 is 0. The summed E-state index contributed by atoms with van der Waals surface area (Å²) in [6, 6.07) is 0. The van der Waals surface area contributed by atoms with Crippen molar-refractivity contribution in [3.63, 3.8) is 0 Å². The van der Waals surface area contributed by atoms with E-state index in [4.69, 9.17) is 4.74 Å². The molecule has 3 atom stereocenters. The maximum absolute atomic E-state index is 12.2. The summed E-state index contributed by atoms with van der Waals surface area (Å²) in [4.78, 5) is 12.2. The van der Waals surface area contributed by atoms with Gasteiger partial charge in [-0.2, -0.15) is 0 Å². The zero-order chi connectivity index (χ0) is 11.4. The van der Waals surface area contributed by atoms with E-state index in [1.54, 1.807) is 0 Å². The van der Waals surface area contributed by atoms with Crippen LogP contribution in [0.2, 0.25) is 0 Å². The van der Waals surface area contributed by atoms with Crippen LogP contribution in [0.25, 0.3) is 0 Å². The molecule has 0 radical (unpaired) electrons. The summed E-state index contributed by atoms with van der Waals surface area (Å²) in [5, 5.41) is 0. The van der Waals surface area contributed by atoms with Gasteiger partial charge in [-0.15, -0.1) is 0 Å². The van der Waals surface area contributed by atoms with E-state index in [2.05, 4.69) is 13.8 Å². The molecule has 4 fully saturated rings. The number of hydrogen-bond acceptors (Lipinski definition) is 2. The minimum Gasteiger partial charge on any atom is -0.462 e. The van der Waals surface area contributed by atoms with E-state index >= 15 is 0 Å². The van der Waals surface area contributed by atoms with Crippen LogP contribution in [0.5, 0.6) is 0 Å². The Morgan fingerprint density at radius 1 is 1.19 bits per heavy atom. The smallest absolute Gasteiger partial charge is 0.312 e. The molecule has 1 spiro atoms. The first kappa shape index (κ1) is 10.6. The second kappa shape index (κ2) is 3.24. The second-order valence-electron chi connectivity index (χ2n) is 6.88. The molecule has 2 bridgehead atoms. The SMILES string of the molecule is CC1(C)C[C@H]2CC[C@]3(CCC[C@@H]3C1)C(=O)O2. The Morgan fingerprint density at radius 2 is 2.00 bits per heavy atom. The van der Waals surface area contributed by atoms with Gasteiger partial charge in [-0.25, -0.2) is 0 Å². The van der Waals surface area contributed by atoms with Crippen LogP contribution >= 0.6 is 0 Å². The molecule has 2 nitrogen and oxygen atoms in total. The van der Waals surface area contributed by atoms with Crippen molar-refractivity contribution in [1.29, 1.82) is 0 Å². The van der Waals surface area contributed by atoms with E-state index < -0.39 is 0 Å². The molecular weight excluding hydrogens is 200 g/mol. The van der Waals surface area contributed by atoms with Crippen LogP contribution in [-0.2, 0) is 9.53 Å². The molecule has 90 valence electrons. The average molecular weight is 222 g/mol. The monoisotopic (exact) mass is 222 g/mol. The Bertz CT molecular complexity index is 321. The fourth-order valence-corrected chi connectivity index (χ4v) is 4.40. The normalized spacial score (nSPS) is 45.8. The lowest BCUT2D eigenvalue weighted by Crippen LogP contribution is -2.48. The molecule has 0 aromatic heterocycles. The quantitative estimate of drug-likeness (QED) is 0.588. The molecule has 0 N–H and O–H groups in total. The van der Waals surface area contributed by atoms with Gasteiger partial charge in [0.05, 0.1) is 5.41 Å². The molecule has 4 aliphatic rings. The molecule has 2 saturated heterocycles. The van der Waals surface area contributed by atoms with Crippen molar-refractivity contribution >= 4 is 5.97 Å². The summed E-state index contributed by atoms with van der Waals surface area (Å²) in [6.07, 6.45) is 8.23. The maximum atomic E-state index is 12.2. The summed E-state index contributed by atoms with van der Waals surface area (Å²) in [6.45, 7) is 4.68. The van der Waals surface area contributed by atoms with Gasteiger partial charge in [0.25, 0.3) is 0 Å². The van der Waals surface area contributed by atoms with E-state index in [9.17, 15) is 4.79 Å². The molecule has 0 aromatic rings. The Kier molecular flexibility index (Phi) is 2.15. The lowest BCUT2D eigenvalue weighted by molar-refractivity contribution is -0.181. The number of carbonyl (C=O) groups is 1. The van der Waals surface area contributed by atoms with Gasteiger partial charge in [0.1, 0.15) is 6.10 Å². The maximum Gasteiger partial charge on any atom is 0.312 e. The van der Waals surface area contributed by atoms with Crippen LogP contribution in [0.15, 0.2) is 0 Å². The van der Waals surface area contributed by atoms with Crippen LogP contribution in [-0.4, -0.2) is 12.1 Å². The predicted molar refractivity (Wildman–Crippen MR) is 61.9 cm³/mol. The standard InChI is InChI=1S/C14H22O2/c1-13(2)8-10-4-3-6-14(10)7-5-11(9-13)16-12(14)15/h10-11H,3-9H2,1-2H3/t10-,11-,14+/m1/s1. The van der Waals surface area contributed by atoms with Crippen molar-refractivity contribution in [2.75, 3.05) is 0 Å². The van der Waals surface area contributed by atoms with Crippen molar-refractivity contribution in [2.45, 2.75) is 64.9 Å². The molecule has 2 aliphatic carbocycles. The van der Waals surface area contributed by atoms with E-state index in [1.807, 2.05) is 0 Å². The first-order valence-electron chi connectivity index (χ1n) is 6.73. The molecule has 0 aromatic carbocycles. The first-order valence-corrected chi connectivity index (χ1v) is 6.73. The van der Waals surface area contributed by atoms with Gasteiger partial charge in [0.15, 0.2) is 0 Å². The number of carbonyl (C=O) groups excluding carboxylic acids is 1. The van der Waals surface area contributed by atoms with Crippen LogP contribution < -0.4 is 0 Å². The zero-order valence-electron chi connectivity index (χ0n) is 10.4. The van der Waals surface area contributed by atoms with Gasteiger partial charge in [-0.3, -0.25) is 4.79 Å². The summed E-state index contributed by atoms with van der Waals surface area (Å²) in [7, 11) is 0. The molecule has 0 amide bonds. The fourth-order valence-electron chi connectivity index (χ4n) is 4.40. The minimum absolute atomic E-state index is 0.0752. The van der Waals surface area contributed by atoms with Crippen molar-refractivity contribution < 1.29 is 9.53 Å². The Balaban J connectivity index is 1.98. The molecule has 16 heavy (non-hydrogen) atoms. The lowest BCUT2D eigenvalue weighted by atomic mass is 9.63. The van der Waals surface area contributed by atoms with Gasteiger partial charge in [0, 0.05) is 0 Å². The van der Waals surface area contributed by atoms with Crippen LogP contribution in [0, 0.1) is 16.7 Å². The fraction of sp³-hybridized carbons (Fsp3) is 0.929. The number of esters is 1. The van der Waals surface area contributed by atoms with Gasteiger partial charge in [-0.05, 0) is 49.9 Å². The van der Waals surface area contributed by atoms with Gasteiger partial charge in [0.2, 0.25) is 0 Å². The topological polar surface area (TPSA) is 26.3 Å². The molecule has 2 heteroatoms. The number of rotatable bonds is 0. The molecule has 4 rings (SSSR count). The average Bonchev–Trinajstić information content (AvgIpc) is 2.52.